The highest BCUT2D eigenvalue weighted by Gasteiger charge is 2.21. The standard InChI is InChI=1S/C20H17N3OS/c1-15-14-25-20-21-18(13-22(15)20)19(24)23(17-10-6-3-7-11-17)12-16-8-4-2-5-9-16/h2-11,13-14H,12H2,1H3. The molecule has 0 fully saturated rings. The zero-order valence-electron chi connectivity index (χ0n) is 13.8. The van der Waals surface area contributed by atoms with Crippen molar-refractivity contribution in [2.75, 3.05) is 4.90 Å². The van der Waals surface area contributed by atoms with Crippen LogP contribution in [0.3, 0.4) is 0 Å². The Balaban J connectivity index is 1.72. The molecule has 4 rings (SSSR count). The number of carbonyl (C=O) groups is 1. The molecule has 0 atom stereocenters. The molecule has 2 aromatic carbocycles. The molecule has 0 aliphatic rings. The lowest BCUT2D eigenvalue weighted by molar-refractivity contribution is 0.0981. The van der Waals surface area contributed by atoms with Crippen molar-refractivity contribution in [2.24, 2.45) is 0 Å². The Labute approximate surface area is 150 Å². The fourth-order valence-corrected chi connectivity index (χ4v) is 3.64. The van der Waals surface area contributed by atoms with E-state index in [9.17, 15) is 4.79 Å². The van der Waals surface area contributed by atoms with Gasteiger partial charge < -0.3 is 4.90 Å². The Kier molecular flexibility index (Phi) is 4.07. The molecule has 0 unspecified atom stereocenters. The van der Waals surface area contributed by atoms with E-state index in [-0.39, 0.29) is 5.91 Å². The minimum atomic E-state index is -0.0923. The second kappa shape index (κ2) is 6.53. The summed E-state index contributed by atoms with van der Waals surface area (Å²) in [5.74, 6) is -0.0923. The van der Waals surface area contributed by atoms with Crippen molar-refractivity contribution >= 4 is 27.9 Å². The highest BCUT2D eigenvalue weighted by molar-refractivity contribution is 7.15. The average Bonchev–Trinajstić information content (AvgIpc) is 3.23. The van der Waals surface area contributed by atoms with Gasteiger partial charge in [0.1, 0.15) is 5.69 Å². The van der Waals surface area contributed by atoms with E-state index >= 15 is 0 Å². The van der Waals surface area contributed by atoms with Crippen LogP contribution >= 0.6 is 11.3 Å². The predicted molar refractivity (Wildman–Crippen MR) is 101 cm³/mol. The molecule has 25 heavy (non-hydrogen) atoms. The fourth-order valence-electron chi connectivity index (χ4n) is 2.79. The molecular weight excluding hydrogens is 330 g/mol. The third-order valence-corrected chi connectivity index (χ3v) is 5.06. The topological polar surface area (TPSA) is 37.6 Å². The lowest BCUT2D eigenvalue weighted by Crippen LogP contribution is -2.30. The van der Waals surface area contributed by atoms with Crippen LogP contribution in [-0.4, -0.2) is 15.3 Å². The molecule has 4 nitrogen and oxygen atoms in total. The summed E-state index contributed by atoms with van der Waals surface area (Å²) in [7, 11) is 0. The van der Waals surface area contributed by atoms with Gasteiger partial charge in [-0.3, -0.25) is 9.20 Å². The quantitative estimate of drug-likeness (QED) is 0.543. The first-order chi connectivity index (χ1) is 12.2. The number of para-hydroxylation sites is 1. The Morgan fingerprint density at radius 3 is 2.44 bits per heavy atom. The largest absolute Gasteiger partial charge is 0.303 e. The summed E-state index contributed by atoms with van der Waals surface area (Å²) in [6, 6.07) is 19.7. The second-order valence-corrected chi connectivity index (χ2v) is 6.70. The Hall–Kier alpha value is -2.92. The third kappa shape index (κ3) is 3.06. The summed E-state index contributed by atoms with van der Waals surface area (Å²) >= 11 is 1.54. The van der Waals surface area contributed by atoms with Gasteiger partial charge >= 0.3 is 0 Å². The number of rotatable bonds is 4. The molecule has 0 saturated heterocycles. The molecule has 0 aliphatic carbocycles. The summed E-state index contributed by atoms with van der Waals surface area (Å²) in [6.07, 6.45) is 1.82. The first kappa shape index (κ1) is 15.6. The normalized spacial score (nSPS) is 10.9. The number of thiazole rings is 1. The van der Waals surface area contributed by atoms with Crippen LogP contribution in [0.15, 0.2) is 72.2 Å². The minimum absolute atomic E-state index is 0.0923. The number of hydrogen-bond donors (Lipinski definition) is 0. The van der Waals surface area contributed by atoms with Crippen LogP contribution in [0.5, 0.6) is 0 Å². The lowest BCUT2D eigenvalue weighted by atomic mass is 10.2. The monoisotopic (exact) mass is 347 g/mol. The highest BCUT2D eigenvalue weighted by atomic mass is 32.1. The summed E-state index contributed by atoms with van der Waals surface area (Å²) in [6.45, 7) is 2.52. The van der Waals surface area contributed by atoms with Crippen LogP contribution in [0, 0.1) is 6.92 Å². The summed E-state index contributed by atoms with van der Waals surface area (Å²) in [5.41, 5.74) is 3.50. The zero-order chi connectivity index (χ0) is 17.2. The van der Waals surface area contributed by atoms with Crippen molar-refractivity contribution in [3.05, 3.63) is 89.2 Å². The fraction of sp³-hybridized carbons (Fsp3) is 0.100. The van der Waals surface area contributed by atoms with Crippen molar-refractivity contribution < 1.29 is 4.79 Å². The maximum Gasteiger partial charge on any atom is 0.278 e. The average molecular weight is 347 g/mol. The van der Waals surface area contributed by atoms with Crippen LogP contribution in [-0.2, 0) is 6.54 Å². The molecule has 0 aliphatic heterocycles. The van der Waals surface area contributed by atoms with Gasteiger partial charge in [-0.25, -0.2) is 4.98 Å². The Bertz CT molecular complexity index is 1010. The van der Waals surface area contributed by atoms with E-state index in [0.29, 0.717) is 12.2 Å². The van der Waals surface area contributed by atoms with Gasteiger partial charge in [-0.15, -0.1) is 11.3 Å². The van der Waals surface area contributed by atoms with Gasteiger partial charge in [0.25, 0.3) is 5.91 Å². The van der Waals surface area contributed by atoms with Crippen LogP contribution in [0.2, 0.25) is 0 Å². The van der Waals surface area contributed by atoms with Crippen molar-refractivity contribution in [1.82, 2.24) is 9.38 Å². The molecule has 1 amide bonds. The molecule has 5 heteroatoms. The molecule has 0 bridgehead atoms. The number of fused-ring (bicyclic) bond motifs is 1. The molecule has 2 aromatic heterocycles. The van der Waals surface area contributed by atoms with Crippen LogP contribution in [0.4, 0.5) is 5.69 Å². The number of imidazole rings is 1. The third-order valence-electron chi connectivity index (χ3n) is 4.10. The van der Waals surface area contributed by atoms with Gasteiger partial charge in [-0.1, -0.05) is 48.5 Å². The van der Waals surface area contributed by atoms with Crippen molar-refractivity contribution in [1.29, 1.82) is 0 Å². The SMILES string of the molecule is Cc1csc2nc(C(=O)N(Cc3ccccc3)c3ccccc3)cn12. The Morgan fingerprint density at radius 2 is 1.76 bits per heavy atom. The van der Waals surface area contributed by atoms with E-state index in [2.05, 4.69) is 4.98 Å². The van der Waals surface area contributed by atoms with E-state index in [1.165, 1.54) is 0 Å². The maximum atomic E-state index is 13.2. The number of amides is 1. The number of nitrogens with zero attached hydrogens (tertiary/aromatic N) is 3. The van der Waals surface area contributed by atoms with E-state index in [1.807, 2.05) is 83.6 Å². The van der Waals surface area contributed by atoms with Gasteiger partial charge in [0.2, 0.25) is 0 Å². The van der Waals surface area contributed by atoms with Crippen LogP contribution < -0.4 is 4.90 Å². The molecule has 0 N–H and O–H groups in total. The molecule has 2 heterocycles. The molecule has 0 saturated carbocycles. The van der Waals surface area contributed by atoms with E-state index in [1.54, 1.807) is 16.2 Å². The van der Waals surface area contributed by atoms with Crippen molar-refractivity contribution in [3.8, 4) is 0 Å². The van der Waals surface area contributed by atoms with Gasteiger partial charge in [0.05, 0.1) is 6.54 Å². The molecule has 0 spiro atoms. The van der Waals surface area contributed by atoms with E-state index in [0.717, 1.165) is 21.9 Å². The van der Waals surface area contributed by atoms with Gasteiger partial charge in [0.15, 0.2) is 4.96 Å². The van der Waals surface area contributed by atoms with E-state index in [4.69, 9.17) is 0 Å². The molecule has 124 valence electrons. The molecule has 4 aromatic rings. The predicted octanol–water partition coefficient (Wildman–Crippen LogP) is 4.55. The van der Waals surface area contributed by atoms with Gasteiger partial charge in [0, 0.05) is 23.0 Å². The summed E-state index contributed by atoms with van der Waals surface area (Å²) in [4.78, 5) is 20.3. The second-order valence-electron chi connectivity index (χ2n) is 5.87. The zero-order valence-corrected chi connectivity index (χ0v) is 14.6. The Morgan fingerprint density at radius 1 is 1.08 bits per heavy atom. The van der Waals surface area contributed by atoms with Gasteiger partial charge in [-0.2, -0.15) is 0 Å². The van der Waals surface area contributed by atoms with Crippen molar-refractivity contribution in [3.63, 3.8) is 0 Å². The summed E-state index contributed by atoms with van der Waals surface area (Å²) in [5, 5.41) is 2.04. The minimum Gasteiger partial charge on any atom is -0.303 e. The number of carbonyl (C=O) groups excluding carboxylic acids is 1. The molecule has 0 radical (unpaired) electrons. The number of aromatic nitrogens is 2. The lowest BCUT2D eigenvalue weighted by Gasteiger charge is -2.22. The maximum absolute atomic E-state index is 13.2. The summed E-state index contributed by atoms with van der Waals surface area (Å²) < 4.78 is 1.96. The highest BCUT2D eigenvalue weighted by Crippen LogP contribution is 2.22. The first-order valence-corrected chi connectivity index (χ1v) is 8.94. The number of aryl methyl sites for hydroxylation is 1. The smallest absolute Gasteiger partial charge is 0.278 e. The number of hydrogen-bond acceptors (Lipinski definition) is 3. The van der Waals surface area contributed by atoms with Crippen LogP contribution in [0.1, 0.15) is 21.7 Å². The molecular formula is C20H17N3OS. The van der Waals surface area contributed by atoms with E-state index < -0.39 is 0 Å². The number of benzene rings is 2. The van der Waals surface area contributed by atoms with Crippen molar-refractivity contribution in [2.45, 2.75) is 13.5 Å². The number of anilines is 1. The van der Waals surface area contributed by atoms with Gasteiger partial charge in [-0.05, 0) is 24.6 Å². The van der Waals surface area contributed by atoms with Crippen LogP contribution in [0.25, 0.3) is 4.96 Å². The first-order valence-electron chi connectivity index (χ1n) is 8.06.